The zero-order chi connectivity index (χ0) is 14.5. The summed E-state index contributed by atoms with van der Waals surface area (Å²) in [7, 11) is 0. The Labute approximate surface area is 117 Å². The van der Waals surface area contributed by atoms with Gasteiger partial charge in [0.25, 0.3) is 5.91 Å². The van der Waals surface area contributed by atoms with Gasteiger partial charge in [-0.15, -0.1) is 0 Å². The van der Waals surface area contributed by atoms with Crippen LogP contribution in [0.4, 0.5) is 11.4 Å². The van der Waals surface area contributed by atoms with Gasteiger partial charge in [0.2, 0.25) is 5.91 Å². The maximum atomic E-state index is 12.0. The minimum atomic E-state index is -0.408. The van der Waals surface area contributed by atoms with E-state index in [4.69, 9.17) is 10.5 Å². The van der Waals surface area contributed by atoms with Gasteiger partial charge in [-0.3, -0.25) is 9.59 Å². The molecule has 108 valence electrons. The van der Waals surface area contributed by atoms with Crippen LogP contribution in [0.1, 0.15) is 18.4 Å². The first-order chi connectivity index (χ1) is 9.60. The summed E-state index contributed by atoms with van der Waals surface area (Å²) in [5, 5.41) is 5.47. The second-order valence-corrected chi connectivity index (χ2v) is 4.79. The number of nitrogens with two attached hydrogens (primary N) is 1. The Morgan fingerprint density at radius 1 is 1.35 bits per heavy atom. The van der Waals surface area contributed by atoms with Crippen LogP contribution in [0.15, 0.2) is 18.2 Å². The third-order valence-electron chi connectivity index (χ3n) is 3.11. The summed E-state index contributed by atoms with van der Waals surface area (Å²) < 4.78 is 5.33. The molecule has 1 unspecified atom stereocenters. The van der Waals surface area contributed by atoms with E-state index < -0.39 is 6.10 Å². The maximum Gasteiger partial charge on any atom is 0.253 e. The van der Waals surface area contributed by atoms with Crippen LogP contribution in [0.25, 0.3) is 0 Å². The fourth-order valence-corrected chi connectivity index (χ4v) is 2.07. The van der Waals surface area contributed by atoms with Crippen LogP contribution in [-0.4, -0.2) is 31.1 Å². The maximum absolute atomic E-state index is 12.0. The summed E-state index contributed by atoms with van der Waals surface area (Å²) in [6, 6.07) is 5.41. The van der Waals surface area contributed by atoms with E-state index in [1.807, 2.05) is 13.0 Å². The highest BCUT2D eigenvalue weighted by molar-refractivity contribution is 6.01. The Kier molecular flexibility index (Phi) is 4.70. The van der Waals surface area contributed by atoms with Gasteiger partial charge in [-0.1, -0.05) is 6.07 Å². The zero-order valence-corrected chi connectivity index (χ0v) is 11.4. The van der Waals surface area contributed by atoms with Crippen LogP contribution in [0.2, 0.25) is 0 Å². The molecule has 6 heteroatoms. The predicted octanol–water partition coefficient (Wildman–Crippen LogP) is 1.01. The standard InChI is InChI=1S/C14H19N3O3/c1-9-4-5-10(11(7-9)16-13(18)8-15)17-14(19)12-3-2-6-20-12/h4-5,7,12H,2-3,6,8,15H2,1H3,(H,16,18)(H,17,19). The van der Waals surface area contributed by atoms with E-state index in [0.717, 1.165) is 18.4 Å². The largest absolute Gasteiger partial charge is 0.368 e. The number of ether oxygens (including phenoxy) is 1. The minimum absolute atomic E-state index is 0.104. The smallest absolute Gasteiger partial charge is 0.253 e. The molecule has 1 saturated heterocycles. The molecule has 1 aliphatic heterocycles. The van der Waals surface area contributed by atoms with Crippen LogP contribution in [-0.2, 0) is 14.3 Å². The number of carbonyl (C=O) groups excluding carboxylic acids is 2. The molecule has 6 nitrogen and oxygen atoms in total. The van der Waals surface area contributed by atoms with E-state index in [2.05, 4.69) is 10.6 Å². The summed E-state index contributed by atoms with van der Waals surface area (Å²) in [4.78, 5) is 23.4. The molecule has 1 aromatic carbocycles. The van der Waals surface area contributed by atoms with Crippen molar-refractivity contribution >= 4 is 23.2 Å². The third kappa shape index (κ3) is 3.55. The first-order valence-corrected chi connectivity index (χ1v) is 6.63. The van der Waals surface area contributed by atoms with Crippen LogP contribution in [0.5, 0.6) is 0 Å². The highest BCUT2D eigenvalue weighted by Gasteiger charge is 2.24. The molecule has 1 aliphatic rings. The fraction of sp³-hybridized carbons (Fsp3) is 0.429. The molecule has 1 atom stereocenters. The van der Waals surface area contributed by atoms with Crippen molar-refractivity contribution in [2.45, 2.75) is 25.9 Å². The Bertz CT molecular complexity index is 510. The van der Waals surface area contributed by atoms with E-state index in [9.17, 15) is 9.59 Å². The zero-order valence-electron chi connectivity index (χ0n) is 11.4. The Morgan fingerprint density at radius 3 is 2.80 bits per heavy atom. The molecule has 4 N–H and O–H groups in total. The quantitative estimate of drug-likeness (QED) is 0.765. The van der Waals surface area contributed by atoms with Gasteiger partial charge in [0, 0.05) is 6.61 Å². The molecule has 1 heterocycles. The van der Waals surface area contributed by atoms with Gasteiger partial charge in [-0.2, -0.15) is 0 Å². The summed E-state index contributed by atoms with van der Waals surface area (Å²) in [5.41, 5.74) is 7.37. The number of aryl methyl sites for hydroxylation is 1. The second-order valence-electron chi connectivity index (χ2n) is 4.79. The van der Waals surface area contributed by atoms with Gasteiger partial charge in [0.05, 0.1) is 17.9 Å². The number of benzene rings is 1. The SMILES string of the molecule is Cc1ccc(NC(=O)C2CCCO2)c(NC(=O)CN)c1. The lowest BCUT2D eigenvalue weighted by Crippen LogP contribution is -2.28. The van der Waals surface area contributed by atoms with E-state index in [1.54, 1.807) is 12.1 Å². The molecule has 0 saturated carbocycles. The van der Waals surface area contributed by atoms with Crippen LogP contribution in [0.3, 0.4) is 0 Å². The average Bonchev–Trinajstić information content (AvgIpc) is 2.95. The second kappa shape index (κ2) is 6.49. The number of nitrogens with one attached hydrogen (secondary N) is 2. The Hall–Kier alpha value is -1.92. The first-order valence-electron chi connectivity index (χ1n) is 6.63. The van der Waals surface area contributed by atoms with Gasteiger partial charge in [0.15, 0.2) is 0 Å². The van der Waals surface area contributed by atoms with Crippen molar-refractivity contribution < 1.29 is 14.3 Å². The normalized spacial score (nSPS) is 17.8. The van der Waals surface area contributed by atoms with Crippen molar-refractivity contribution in [3.05, 3.63) is 23.8 Å². The fourth-order valence-electron chi connectivity index (χ4n) is 2.07. The molecular formula is C14H19N3O3. The first kappa shape index (κ1) is 14.5. The lowest BCUT2D eigenvalue weighted by Gasteiger charge is -2.15. The molecule has 1 aromatic rings. The highest BCUT2D eigenvalue weighted by Crippen LogP contribution is 2.24. The number of carbonyl (C=O) groups is 2. The van der Waals surface area contributed by atoms with E-state index in [1.165, 1.54) is 0 Å². The summed E-state index contributed by atoms with van der Waals surface area (Å²) in [6.07, 6.45) is 1.21. The van der Waals surface area contributed by atoms with Crippen molar-refractivity contribution in [2.75, 3.05) is 23.8 Å². The van der Waals surface area contributed by atoms with Crippen molar-refractivity contribution in [2.24, 2.45) is 5.73 Å². The lowest BCUT2D eigenvalue weighted by molar-refractivity contribution is -0.124. The highest BCUT2D eigenvalue weighted by atomic mass is 16.5. The lowest BCUT2D eigenvalue weighted by atomic mass is 10.1. The van der Waals surface area contributed by atoms with Gasteiger partial charge >= 0.3 is 0 Å². The van der Waals surface area contributed by atoms with Crippen molar-refractivity contribution in [3.63, 3.8) is 0 Å². The molecule has 0 aliphatic carbocycles. The van der Waals surface area contributed by atoms with E-state index in [0.29, 0.717) is 18.0 Å². The molecule has 0 bridgehead atoms. The van der Waals surface area contributed by atoms with Crippen LogP contribution < -0.4 is 16.4 Å². The molecule has 0 aromatic heterocycles. The number of amides is 2. The topological polar surface area (TPSA) is 93.5 Å². The van der Waals surface area contributed by atoms with E-state index in [-0.39, 0.29) is 18.4 Å². The summed E-state index contributed by atoms with van der Waals surface area (Å²) in [5.74, 6) is -0.488. The number of anilines is 2. The minimum Gasteiger partial charge on any atom is -0.368 e. The van der Waals surface area contributed by atoms with Gasteiger partial charge in [-0.25, -0.2) is 0 Å². The number of hydrogen-bond donors (Lipinski definition) is 3. The van der Waals surface area contributed by atoms with E-state index >= 15 is 0 Å². The molecule has 0 spiro atoms. The number of rotatable bonds is 4. The third-order valence-corrected chi connectivity index (χ3v) is 3.11. The average molecular weight is 277 g/mol. The van der Waals surface area contributed by atoms with Gasteiger partial charge in [-0.05, 0) is 37.5 Å². The van der Waals surface area contributed by atoms with Crippen molar-refractivity contribution in [1.82, 2.24) is 0 Å². The molecule has 0 radical (unpaired) electrons. The Balaban J connectivity index is 2.13. The van der Waals surface area contributed by atoms with Gasteiger partial charge < -0.3 is 21.1 Å². The van der Waals surface area contributed by atoms with Crippen molar-refractivity contribution in [3.8, 4) is 0 Å². The molecule has 2 rings (SSSR count). The molecule has 1 fully saturated rings. The molecular weight excluding hydrogens is 258 g/mol. The predicted molar refractivity (Wildman–Crippen MR) is 76.5 cm³/mol. The van der Waals surface area contributed by atoms with Crippen LogP contribution in [0, 0.1) is 6.92 Å². The molecule has 20 heavy (non-hydrogen) atoms. The monoisotopic (exact) mass is 277 g/mol. The summed E-state index contributed by atoms with van der Waals surface area (Å²) in [6.45, 7) is 2.42. The number of hydrogen-bond acceptors (Lipinski definition) is 4. The summed E-state index contributed by atoms with van der Waals surface area (Å²) >= 11 is 0. The van der Waals surface area contributed by atoms with Gasteiger partial charge in [0.1, 0.15) is 6.10 Å². The molecule has 2 amide bonds. The van der Waals surface area contributed by atoms with Crippen LogP contribution >= 0.6 is 0 Å². The Morgan fingerprint density at radius 2 is 2.15 bits per heavy atom. The van der Waals surface area contributed by atoms with Crippen molar-refractivity contribution in [1.29, 1.82) is 0 Å².